The molecule has 0 spiro atoms. The summed E-state index contributed by atoms with van der Waals surface area (Å²) in [6, 6.07) is 3.68. The molecule has 1 aromatic rings. The van der Waals surface area contributed by atoms with Crippen molar-refractivity contribution >= 4 is 0 Å². The zero-order valence-electron chi connectivity index (χ0n) is 9.68. The molecular weight excluding hydrogens is 257 g/mol. The highest BCUT2D eigenvalue weighted by Crippen LogP contribution is 2.44. The third kappa shape index (κ3) is 2.62. The lowest BCUT2D eigenvalue weighted by Crippen LogP contribution is -2.33. The number of hydrogen-bond acceptors (Lipinski definition) is 2. The lowest BCUT2D eigenvalue weighted by Gasteiger charge is -2.24. The Hall–Kier alpha value is -1.21. The van der Waals surface area contributed by atoms with Gasteiger partial charge >= 0.3 is 12.1 Å². The normalized spacial score (nSPS) is 13.8. The number of nitrogens with two attached hydrogens (primary N) is 1. The van der Waals surface area contributed by atoms with E-state index in [9.17, 15) is 22.0 Å². The summed E-state index contributed by atoms with van der Waals surface area (Å²) in [5.74, 6) is 0.128. The van der Waals surface area contributed by atoms with E-state index in [1.54, 1.807) is 13.8 Å². The summed E-state index contributed by atoms with van der Waals surface area (Å²) in [6.45, 7) is 3.12. The maximum Gasteiger partial charge on any atom is 0.458 e. The van der Waals surface area contributed by atoms with Crippen molar-refractivity contribution in [2.75, 3.05) is 0 Å². The van der Waals surface area contributed by atoms with Gasteiger partial charge in [0, 0.05) is 5.56 Å². The van der Waals surface area contributed by atoms with Gasteiger partial charge in [-0.1, -0.05) is 24.3 Å². The summed E-state index contributed by atoms with van der Waals surface area (Å²) in [6.07, 6.45) is -5.62. The first-order valence-corrected chi connectivity index (χ1v) is 4.96. The van der Waals surface area contributed by atoms with E-state index in [-0.39, 0.29) is 0 Å². The average Bonchev–Trinajstić information content (AvgIpc) is 2.27. The summed E-state index contributed by atoms with van der Waals surface area (Å²) in [5, 5.41) is 0. The van der Waals surface area contributed by atoms with E-state index in [0.29, 0.717) is 17.7 Å². The summed E-state index contributed by atoms with van der Waals surface area (Å²) in [7, 11) is 0. The fourth-order valence-corrected chi connectivity index (χ4v) is 1.31. The van der Waals surface area contributed by atoms with Crippen molar-refractivity contribution in [3.05, 3.63) is 35.4 Å². The molecular formula is C11H12F5NO. The van der Waals surface area contributed by atoms with Crippen molar-refractivity contribution in [3.8, 4) is 0 Å². The molecule has 1 rings (SSSR count). The van der Waals surface area contributed by atoms with Crippen LogP contribution in [0.5, 0.6) is 0 Å². The Morgan fingerprint density at radius 2 is 1.28 bits per heavy atom. The first-order valence-electron chi connectivity index (χ1n) is 4.96. The minimum Gasteiger partial charge on any atom is -0.294 e. The second-order valence-electron chi connectivity index (χ2n) is 4.28. The first kappa shape index (κ1) is 14.8. The van der Waals surface area contributed by atoms with Crippen molar-refractivity contribution < 1.29 is 26.8 Å². The van der Waals surface area contributed by atoms with Crippen LogP contribution in [0, 0.1) is 0 Å². The third-order valence-electron chi connectivity index (χ3n) is 2.59. The second kappa shape index (κ2) is 4.47. The van der Waals surface area contributed by atoms with Gasteiger partial charge in [0.25, 0.3) is 0 Å². The Morgan fingerprint density at radius 1 is 0.889 bits per heavy atom. The third-order valence-corrected chi connectivity index (χ3v) is 2.59. The van der Waals surface area contributed by atoms with Crippen LogP contribution in [0.15, 0.2) is 24.3 Å². The van der Waals surface area contributed by atoms with Crippen molar-refractivity contribution in [1.29, 1.82) is 0 Å². The van der Waals surface area contributed by atoms with Gasteiger partial charge in [-0.25, -0.2) is 5.90 Å². The molecule has 0 saturated heterocycles. The first-order chi connectivity index (χ1) is 8.02. The largest absolute Gasteiger partial charge is 0.458 e. The molecule has 0 unspecified atom stereocenters. The van der Waals surface area contributed by atoms with Crippen LogP contribution in [0.25, 0.3) is 0 Å². The Labute approximate surface area is 100 Å². The van der Waals surface area contributed by atoms with E-state index in [1.807, 2.05) is 0 Å². The molecule has 0 heterocycles. The predicted molar refractivity (Wildman–Crippen MR) is 54.7 cm³/mol. The molecule has 18 heavy (non-hydrogen) atoms. The molecule has 0 saturated carbocycles. The van der Waals surface area contributed by atoms with Crippen LogP contribution >= 0.6 is 0 Å². The standard InChI is InChI=1S/C11H12F5NO/c1-9(2,18-17)7-3-5-8(6-4-7)10(12,13)11(14,15)16/h3-6H,17H2,1-2H3. The molecule has 0 atom stereocenters. The fraction of sp³-hybridized carbons (Fsp3) is 0.455. The number of rotatable bonds is 3. The van der Waals surface area contributed by atoms with Crippen LogP contribution in [-0.2, 0) is 16.4 Å². The number of halogens is 5. The number of hydrogen-bond donors (Lipinski definition) is 1. The Morgan fingerprint density at radius 3 is 1.61 bits per heavy atom. The van der Waals surface area contributed by atoms with Gasteiger partial charge in [0.1, 0.15) is 5.60 Å². The van der Waals surface area contributed by atoms with Crippen LogP contribution in [0.4, 0.5) is 22.0 Å². The van der Waals surface area contributed by atoms with Gasteiger partial charge in [-0.3, -0.25) is 4.84 Å². The van der Waals surface area contributed by atoms with Gasteiger partial charge in [-0.15, -0.1) is 0 Å². The van der Waals surface area contributed by atoms with Crippen LogP contribution in [0.3, 0.4) is 0 Å². The zero-order chi connectivity index (χ0) is 14.2. The van der Waals surface area contributed by atoms with E-state index in [0.717, 1.165) is 12.1 Å². The summed E-state index contributed by atoms with van der Waals surface area (Å²) < 4.78 is 62.4. The maximum absolute atomic E-state index is 13.0. The molecule has 0 fully saturated rings. The van der Waals surface area contributed by atoms with Crippen LogP contribution in [-0.4, -0.2) is 6.18 Å². The summed E-state index contributed by atoms with van der Waals surface area (Å²) in [5.41, 5.74) is -1.69. The molecule has 0 aliphatic rings. The highest BCUT2D eigenvalue weighted by Gasteiger charge is 2.58. The van der Waals surface area contributed by atoms with Crippen LogP contribution in [0.2, 0.25) is 0 Å². The van der Waals surface area contributed by atoms with E-state index in [2.05, 4.69) is 4.84 Å². The quantitative estimate of drug-likeness (QED) is 0.673. The van der Waals surface area contributed by atoms with Gasteiger partial charge in [0.2, 0.25) is 0 Å². The molecule has 102 valence electrons. The highest BCUT2D eigenvalue weighted by atomic mass is 19.4. The average molecular weight is 269 g/mol. The van der Waals surface area contributed by atoms with Gasteiger partial charge < -0.3 is 0 Å². The van der Waals surface area contributed by atoms with Crippen molar-refractivity contribution in [1.82, 2.24) is 0 Å². The lowest BCUT2D eigenvalue weighted by atomic mass is 9.96. The molecule has 2 nitrogen and oxygen atoms in total. The van der Waals surface area contributed by atoms with E-state index < -0.39 is 23.3 Å². The topological polar surface area (TPSA) is 35.2 Å². The molecule has 0 aliphatic heterocycles. The summed E-state index contributed by atoms with van der Waals surface area (Å²) >= 11 is 0. The summed E-state index contributed by atoms with van der Waals surface area (Å²) in [4.78, 5) is 4.61. The second-order valence-corrected chi connectivity index (χ2v) is 4.28. The van der Waals surface area contributed by atoms with E-state index in [1.165, 1.54) is 0 Å². The van der Waals surface area contributed by atoms with E-state index >= 15 is 0 Å². The number of alkyl halides is 5. The molecule has 0 aliphatic carbocycles. The molecule has 7 heteroatoms. The molecule has 1 aromatic carbocycles. The number of benzene rings is 1. The van der Waals surface area contributed by atoms with Gasteiger partial charge in [-0.05, 0) is 19.4 Å². The molecule has 0 bridgehead atoms. The van der Waals surface area contributed by atoms with Crippen LogP contribution < -0.4 is 5.90 Å². The molecule has 0 radical (unpaired) electrons. The molecule has 0 aromatic heterocycles. The van der Waals surface area contributed by atoms with Crippen molar-refractivity contribution in [2.45, 2.75) is 31.5 Å². The SMILES string of the molecule is CC(C)(ON)c1ccc(C(F)(F)C(F)(F)F)cc1. The Kier molecular flexibility index (Phi) is 3.69. The molecule has 0 amide bonds. The lowest BCUT2D eigenvalue weighted by molar-refractivity contribution is -0.289. The van der Waals surface area contributed by atoms with Crippen molar-refractivity contribution in [2.24, 2.45) is 5.90 Å². The highest BCUT2D eigenvalue weighted by molar-refractivity contribution is 5.29. The zero-order valence-corrected chi connectivity index (χ0v) is 9.68. The van der Waals surface area contributed by atoms with Gasteiger partial charge in [0.05, 0.1) is 0 Å². The van der Waals surface area contributed by atoms with Crippen molar-refractivity contribution in [3.63, 3.8) is 0 Å². The smallest absolute Gasteiger partial charge is 0.294 e. The van der Waals surface area contributed by atoms with Gasteiger partial charge in [0.15, 0.2) is 0 Å². The van der Waals surface area contributed by atoms with Crippen LogP contribution in [0.1, 0.15) is 25.0 Å². The minimum absolute atomic E-state index is 0.395. The van der Waals surface area contributed by atoms with E-state index in [4.69, 9.17) is 5.90 Å². The fourth-order valence-electron chi connectivity index (χ4n) is 1.31. The Bertz CT molecular complexity index is 410. The predicted octanol–water partition coefficient (Wildman–Crippen LogP) is 3.47. The van der Waals surface area contributed by atoms with Gasteiger partial charge in [-0.2, -0.15) is 22.0 Å². The minimum atomic E-state index is -5.62. The maximum atomic E-state index is 13.0. The molecule has 2 N–H and O–H groups in total. The monoisotopic (exact) mass is 269 g/mol. The Balaban J connectivity index is 3.11.